The molecule has 2 rings (SSSR count). The maximum absolute atomic E-state index is 10.6. The van der Waals surface area contributed by atoms with Gasteiger partial charge in [0.25, 0.3) is 0 Å². The van der Waals surface area contributed by atoms with Crippen LogP contribution < -0.4 is 9.47 Å². The van der Waals surface area contributed by atoms with Crippen LogP contribution in [0.5, 0.6) is 11.5 Å². The number of hydrogen-bond donors (Lipinski definition) is 0. The van der Waals surface area contributed by atoms with Crippen molar-refractivity contribution in [2.75, 3.05) is 14.2 Å². The van der Waals surface area contributed by atoms with Gasteiger partial charge in [0.2, 0.25) is 0 Å². The van der Waals surface area contributed by atoms with Gasteiger partial charge in [-0.15, -0.1) is 11.3 Å². The van der Waals surface area contributed by atoms with Crippen LogP contribution in [0.4, 0.5) is 0 Å². The Morgan fingerprint density at radius 2 is 1.88 bits per heavy atom. The van der Waals surface area contributed by atoms with E-state index in [4.69, 9.17) is 9.47 Å². The summed E-state index contributed by atoms with van der Waals surface area (Å²) in [7, 11) is 3.18. The Kier molecular flexibility index (Phi) is 3.39. The number of nitrogens with zero attached hydrogens (tertiary/aromatic N) is 1. The highest BCUT2D eigenvalue weighted by molar-refractivity contribution is 7.13. The number of carbonyl (C=O) groups excluding carboxylic acids is 1. The van der Waals surface area contributed by atoms with Gasteiger partial charge < -0.3 is 9.47 Å². The fourth-order valence-corrected chi connectivity index (χ4v) is 2.33. The first-order valence-electron chi connectivity index (χ1n) is 4.92. The SMILES string of the molecule is COc1cccc(OC)c1-c1nc(C=O)cs1. The molecule has 0 aliphatic rings. The zero-order valence-corrected chi connectivity index (χ0v) is 10.3. The summed E-state index contributed by atoms with van der Waals surface area (Å²) in [4.78, 5) is 14.8. The highest BCUT2D eigenvalue weighted by Crippen LogP contribution is 2.39. The predicted octanol–water partition coefficient (Wildman–Crippen LogP) is 2.64. The van der Waals surface area contributed by atoms with E-state index in [-0.39, 0.29) is 0 Å². The molecule has 1 heterocycles. The van der Waals surface area contributed by atoms with E-state index < -0.39 is 0 Å². The second-order valence-electron chi connectivity index (χ2n) is 3.23. The van der Waals surface area contributed by atoms with Gasteiger partial charge in [0.05, 0.1) is 19.8 Å². The lowest BCUT2D eigenvalue weighted by Gasteiger charge is -2.10. The Hall–Kier alpha value is -1.88. The van der Waals surface area contributed by atoms with Gasteiger partial charge in [0.15, 0.2) is 6.29 Å². The molecule has 1 aromatic carbocycles. The van der Waals surface area contributed by atoms with Crippen molar-refractivity contribution in [1.29, 1.82) is 0 Å². The summed E-state index contributed by atoms with van der Waals surface area (Å²) >= 11 is 1.38. The molecule has 4 nitrogen and oxygen atoms in total. The molecule has 0 N–H and O–H groups in total. The first-order chi connectivity index (χ1) is 8.30. The van der Waals surface area contributed by atoms with Crippen molar-refractivity contribution < 1.29 is 14.3 Å². The number of carbonyl (C=O) groups is 1. The monoisotopic (exact) mass is 249 g/mol. The number of rotatable bonds is 4. The number of aromatic nitrogens is 1. The van der Waals surface area contributed by atoms with Crippen LogP contribution >= 0.6 is 11.3 Å². The molecular weight excluding hydrogens is 238 g/mol. The minimum atomic E-state index is 0.415. The first kappa shape index (κ1) is 11.6. The third kappa shape index (κ3) is 2.14. The Balaban J connectivity index is 2.59. The number of thiazole rings is 1. The van der Waals surface area contributed by atoms with Crippen LogP contribution in [0.2, 0.25) is 0 Å². The third-order valence-electron chi connectivity index (χ3n) is 2.28. The van der Waals surface area contributed by atoms with Crippen LogP contribution in [0, 0.1) is 0 Å². The minimum absolute atomic E-state index is 0.415. The second-order valence-corrected chi connectivity index (χ2v) is 4.09. The molecule has 0 unspecified atom stereocenters. The van der Waals surface area contributed by atoms with Crippen molar-refractivity contribution in [2.24, 2.45) is 0 Å². The molecule has 0 saturated heterocycles. The van der Waals surface area contributed by atoms with E-state index in [1.54, 1.807) is 19.6 Å². The summed E-state index contributed by atoms with van der Waals surface area (Å²) in [5.74, 6) is 1.35. The summed E-state index contributed by atoms with van der Waals surface area (Å²) < 4.78 is 10.6. The maximum atomic E-state index is 10.6. The van der Waals surface area contributed by atoms with Crippen molar-refractivity contribution in [1.82, 2.24) is 4.98 Å². The first-order valence-corrected chi connectivity index (χ1v) is 5.80. The summed E-state index contributed by atoms with van der Waals surface area (Å²) in [6.07, 6.45) is 0.724. The molecule has 0 radical (unpaired) electrons. The largest absolute Gasteiger partial charge is 0.496 e. The molecule has 0 spiro atoms. The van der Waals surface area contributed by atoms with Crippen LogP contribution in [0.25, 0.3) is 10.6 Å². The van der Waals surface area contributed by atoms with E-state index >= 15 is 0 Å². The van der Waals surface area contributed by atoms with Crippen molar-refractivity contribution in [2.45, 2.75) is 0 Å². The third-order valence-corrected chi connectivity index (χ3v) is 3.16. The zero-order chi connectivity index (χ0) is 12.3. The topological polar surface area (TPSA) is 48.4 Å². The average molecular weight is 249 g/mol. The van der Waals surface area contributed by atoms with Crippen molar-refractivity contribution >= 4 is 17.6 Å². The molecule has 0 bridgehead atoms. The molecule has 88 valence electrons. The van der Waals surface area contributed by atoms with E-state index in [9.17, 15) is 4.79 Å². The fraction of sp³-hybridized carbons (Fsp3) is 0.167. The molecule has 0 aliphatic carbocycles. The summed E-state index contributed by atoms with van der Waals surface area (Å²) in [5.41, 5.74) is 1.19. The van der Waals surface area contributed by atoms with Crippen molar-refractivity contribution in [3.8, 4) is 22.1 Å². The van der Waals surface area contributed by atoms with Gasteiger partial charge in [-0.05, 0) is 12.1 Å². The van der Waals surface area contributed by atoms with Gasteiger partial charge in [0, 0.05) is 5.38 Å². The summed E-state index contributed by atoms with van der Waals surface area (Å²) in [6.45, 7) is 0. The Morgan fingerprint density at radius 3 is 2.35 bits per heavy atom. The van der Waals surface area contributed by atoms with Gasteiger partial charge in [-0.1, -0.05) is 6.07 Å². The molecule has 0 fully saturated rings. The van der Waals surface area contributed by atoms with Gasteiger partial charge in [-0.2, -0.15) is 0 Å². The number of aldehydes is 1. The predicted molar refractivity (Wildman–Crippen MR) is 66.0 cm³/mol. The van der Waals surface area contributed by atoms with Crippen LogP contribution in [-0.4, -0.2) is 25.5 Å². The van der Waals surface area contributed by atoms with E-state index in [1.165, 1.54) is 11.3 Å². The smallest absolute Gasteiger partial charge is 0.169 e. The van der Waals surface area contributed by atoms with Crippen LogP contribution in [0.1, 0.15) is 10.5 Å². The van der Waals surface area contributed by atoms with Crippen LogP contribution in [0.15, 0.2) is 23.6 Å². The van der Waals surface area contributed by atoms with Crippen LogP contribution in [0.3, 0.4) is 0 Å². The molecule has 0 atom stereocenters. The molecule has 0 saturated carbocycles. The molecule has 0 amide bonds. The highest BCUT2D eigenvalue weighted by Gasteiger charge is 2.15. The summed E-state index contributed by atoms with van der Waals surface area (Å²) in [5, 5.41) is 2.41. The quantitative estimate of drug-likeness (QED) is 0.781. The Bertz CT molecular complexity index is 514. The molecule has 5 heteroatoms. The lowest BCUT2D eigenvalue weighted by molar-refractivity contribution is 0.111. The lowest BCUT2D eigenvalue weighted by Crippen LogP contribution is -1.92. The van der Waals surface area contributed by atoms with E-state index in [0.717, 1.165) is 11.8 Å². The fourth-order valence-electron chi connectivity index (χ4n) is 1.52. The maximum Gasteiger partial charge on any atom is 0.169 e. The zero-order valence-electron chi connectivity index (χ0n) is 9.47. The summed E-state index contributed by atoms with van der Waals surface area (Å²) in [6, 6.07) is 5.51. The molecule has 17 heavy (non-hydrogen) atoms. The van der Waals surface area contributed by atoms with Crippen LogP contribution in [-0.2, 0) is 0 Å². The molecular formula is C12H11NO3S. The van der Waals surface area contributed by atoms with Gasteiger partial charge in [-0.3, -0.25) is 4.79 Å². The van der Waals surface area contributed by atoms with Gasteiger partial charge in [0.1, 0.15) is 22.2 Å². The molecule has 0 aliphatic heterocycles. The van der Waals surface area contributed by atoms with Gasteiger partial charge >= 0.3 is 0 Å². The van der Waals surface area contributed by atoms with E-state index in [2.05, 4.69) is 4.98 Å². The van der Waals surface area contributed by atoms with E-state index in [0.29, 0.717) is 22.2 Å². The number of benzene rings is 1. The average Bonchev–Trinajstić information content (AvgIpc) is 2.86. The Morgan fingerprint density at radius 1 is 1.24 bits per heavy atom. The van der Waals surface area contributed by atoms with Crippen molar-refractivity contribution in [3.63, 3.8) is 0 Å². The number of methoxy groups -OCH3 is 2. The van der Waals surface area contributed by atoms with Gasteiger partial charge in [-0.25, -0.2) is 4.98 Å². The molecule has 1 aromatic heterocycles. The van der Waals surface area contributed by atoms with E-state index in [1.807, 2.05) is 18.2 Å². The normalized spacial score (nSPS) is 10.0. The molecule has 2 aromatic rings. The number of ether oxygens (including phenoxy) is 2. The lowest BCUT2D eigenvalue weighted by atomic mass is 10.2. The standard InChI is InChI=1S/C12H11NO3S/c1-15-9-4-3-5-10(16-2)11(9)12-13-8(6-14)7-17-12/h3-7H,1-2H3. The number of hydrogen-bond acceptors (Lipinski definition) is 5. The highest BCUT2D eigenvalue weighted by atomic mass is 32.1. The van der Waals surface area contributed by atoms with Crippen molar-refractivity contribution in [3.05, 3.63) is 29.3 Å². The second kappa shape index (κ2) is 4.97. The Labute approximate surface area is 103 Å². The minimum Gasteiger partial charge on any atom is -0.496 e.